The van der Waals surface area contributed by atoms with Gasteiger partial charge in [0.15, 0.2) is 0 Å². The maximum atomic E-state index is 11.7. The molecular weight excluding hydrogens is 216 g/mol. The Morgan fingerprint density at radius 3 is 2.76 bits per heavy atom. The van der Waals surface area contributed by atoms with Gasteiger partial charge >= 0.3 is 0 Å². The maximum absolute atomic E-state index is 11.7. The van der Waals surface area contributed by atoms with Crippen LogP contribution in [0.25, 0.3) is 11.0 Å². The molecule has 4 heteroatoms. The molecule has 4 nitrogen and oxygen atoms in total. The molecule has 0 saturated heterocycles. The zero-order valence-corrected chi connectivity index (χ0v) is 9.65. The fourth-order valence-corrected chi connectivity index (χ4v) is 1.52. The quantitative estimate of drug-likeness (QED) is 0.859. The minimum atomic E-state index is -0.143. The lowest BCUT2D eigenvalue weighted by Crippen LogP contribution is -2.18. The predicted octanol–water partition coefficient (Wildman–Crippen LogP) is 2.90. The minimum Gasteiger partial charge on any atom is -0.443 e. The lowest BCUT2D eigenvalue weighted by Gasteiger charge is -2.05. The third kappa shape index (κ3) is 2.00. The molecule has 0 unspecified atom stereocenters. The Labute approximate surface area is 98.8 Å². The minimum absolute atomic E-state index is 0.131. The van der Waals surface area contributed by atoms with Crippen LogP contribution in [0.5, 0.6) is 0 Å². The van der Waals surface area contributed by atoms with E-state index in [0.29, 0.717) is 11.3 Å². The number of nitrogens with one attached hydrogen (secondary N) is 1. The number of hydrogen-bond acceptors (Lipinski definition) is 3. The standard InChI is InChI=1S/C13H12N2O2/c1-8(2)13(16)15-12-9-5-3-4-6-10(9)17-11(12)7-14/h3-6,8H,1-2H3,(H,15,16). The van der Waals surface area contributed by atoms with E-state index < -0.39 is 0 Å². The highest BCUT2D eigenvalue weighted by Crippen LogP contribution is 2.30. The van der Waals surface area contributed by atoms with Crippen molar-refractivity contribution in [3.63, 3.8) is 0 Å². The van der Waals surface area contributed by atoms with Crippen molar-refractivity contribution < 1.29 is 9.21 Å². The Hall–Kier alpha value is -2.28. The molecule has 2 rings (SSSR count). The average molecular weight is 228 g/mol. The van der Waals surface area contributed by atoms with E-state index in [-0.39, 0.29) is 17.6 Å². The summed E-state index contributed by atoms with van der Waals surface area (Å²) >= 11 is 0. The van der Waals surface area contributed by atoms with Crippen LogP contribution in [-0.2, 0) is 4.79 Å². The first-order valence-electron chi connectivity index (χ1n) is 5.36. The van der Waals surface area contributed by atoms with Crippen molar-refractivity contribution in [2.24, 2.45) is 5.92 Å². The molecule has 1 heterocycles. The molecule has 0 spiro atoms. The third-order valence-corrected chi connectivity index (χ3v) is 2.47. The Bertz CT molecular complexity index is 605. The van der Waals surface area contributed by atoms with Gasteiger partial charge in [-0.15, -0.1) is 0 Å². The summed E-state index contributed by atoms with van der Waals surface area (Å²) in [5.74, 6) is -0.136. The van der Waals surface area contributed by atoms with Crippen LogP contribution in [0.15, 0.2) is 28.7 Å². The molecule has 1 N–H and O–H groups in total. The van der Waals surface area contributed by atoms with Crippen LogP contribution in [0, 0.1) is 17.2 Å². The van der Waals surface area contributed by atoms with Crippen LogP contribution < -0.4 is 5.32 Å². The highest BCUT2D eigenvalue weighted by Gasteiger charge is 2.17. The van der Waals surface area contributed by atoms with Crippen molar-refractivity contribution in [3.8, 4) is 6.07 Å². The van der Waals surface area contributed by atoms with Gasteiger partial charge in [0.25, 0.3) is 0 Å². The number of para-hydroxylation sites is 1. The molecule has 1 aromatic carbocycles. The van der Waals surface area contributed by atoms with Crippen molar-refractivity contribution >= 4 is 22.6 Å². The first-order chi connectivity index (χ1) is 8.13. The van der Waals surface area contributed by atoms with Gasteiger partial charge in [-0.05, 0) is 12.1 Å². The van der Waals surface area contributed by atoms with Gasteiger partial charge in [0.2, 0.25) is 11.7 Å². The summed E-state index contributed by atoms with van der Waals surface area (Å²) in [4.78, 5) is 11.7. The first kappa shape index (κ1) is 11.2. The number of carbonyl (C=O) groups excluding carboxylic acids is 1. The molecular formula is C13H12N2O2. The van der Waals surface area contributed by atoms with Gasteiger partial charge in [-0.25, -0.2) is 0 Å². The summed E-state index contributed by atoms with van der Waals surface area (Å²) < 4.78 is 5.35. The zero-order valence-electron chi connectivity index (χ0n) is 9.65. The van der Waals surface area contributed by atoms with Gasteiger partial charge in [-0.3, -0.25) is 4.79 Å². The van der Waals surface area contributed by atoms with E-state index in [2.05, 4.69) is 5.32 Å². The number of anilines is 1. The number of carbonyl (C=O) groups is 1. The molecule has 1 aromatic heterocycles. The molecule has 0 fully saturated rings. The summed E-state index contributed by atoms with van der Waals surface area (Å²) in [7, 11) is 0. The predicted molar refractivity (Wildman–Crippen MR) is 64.4 cm³/mol. The molecule has 0 bridgehead atoms. The maximum Gasteiger partial charge on any atom is 0.228 e. The number of nitriles is 1. The molecule has 0 atom stereocenters. The van der Waals surface area contributed by atoms with Crippen molar-refractivity contribution in [2.75, 3.05) is 5.32 Å². The molecule has 17 heavy (non-hydrogen) atoms. The fourth-order valence-electron chi connectivity index (χ4n) is 1.52. The SMILES string of the molecule is CC(C)C(=O)Nc1c(C#N)oc2ccccc12. The van der Waals surface area contributed by atoms with Crippen LogP contribution in [-0.4, -0.2) is 5.91 Å². The number of rotatable bonds is 2. The molecule has 0 aliphatic rings. The lowest BCUT2D eigenvalue weighted by atomic mass is 10.2. The summed E-state index contributed by atoms with van der Waals surface area (Å²) in [6.07, 6.45) is 0. The van der Waals surface area contributed by atoms with Crippen LogP contribution in [0.1, 0.15) is 19.6 Å². The van der Waals surface area contributed by atoms with Crippen molar-refractivity contribution in [2.45, 2.75) is 13.8 Å². The van der Waals surface area contributed by atoms with Gasteiger partial charge in [0.05, 0.1) is 0 Å². The Kier molecular flexibility index (Phi) is 2.84. The van der Waals surface area contributed by atoms with Gasteiger partial charge < -0.3 is 9.73 Å². The number of benzene rings is 1. The van der Waals surface area contributed by atoms with Crippen LogP contribution >= 0.6 is 0 Å². The van der Waals surface area contributed by atoms with Crippen molar-refractivity contribution in [1.82, 2.24) is 0 Å². The topological polar surface area (TPSA) is 66.0 Å². The normalized spacial score (nSPS) is 10.5. The number of fused-ring (bicyclic) bond motifs is 1. The van der Waals surface area contributed by atoms with E-state index in [1.807, 2.05) is 24.3 Å². The summed E-state index contributed by atoms with van der Waals surface area (Å²) in [5, 5.41) is 12.5. The summed E-state index contributed by atoms with van der Waals surface area (Å²) in [6, 6.07) is 9.19. The van der Waals surface area contributed by atoms with Crippen molar-refractivity contribution in [1.29, 1.82) is 5.26 Å². The Morgan fingerprint density at radius 1 is 1.41 bits per heavy atom. The van der Waals surface area contributed by atoms with E-state index in [1.54, 1.807) is 19.9 Å². The lowest BCUT2D eigenvalue weighted by molar-refractivity contribution is -0.118. The number of furan rings is 1. The van der Waals surface area contributed by atoms with E-state index in [4.69, 9.17) is 9.68 Å². The summed E-state index contributed by atoms with van der Waals surface area (Å²) in [6.45, 7) is 3.59. The monoisotopic (exact) mass is 228 g/mol. The second-order valence-electron chi connectivity index (χ2n) is 4.06. The molecule has 0 aliphatic carbocycles. The number of hydrogen-bond donors (Lipinski definition) is 1. The van der Waals surface area contributed by atoms with Crippen LogP contribution in [0.4, 0.5) is 5.69 Å². The van der Waals surface area contributed by atoms with E-state index in [0.717, 1.165) is 5.39 Å². The number of nitrogens with zero attached hydrogens (tertiary/aromatic N) is 1. The first-order valence-corrected chi connectivity index (χ1v) is 5.36. The zero-order chi connectivity index (χ0) is 12.4. The van der Waals surface area contributed by atoms with Crippen LogP contribution in [0.2, 0.25) is 0 Å². The Morgan fingerprint density at radius 2 is 2.12 bits per heavy atom. The summed E-state index contributed by atoms with van der Waals surface area (Å²) in [5.41, 5.74) is 1.06. The highest BCUT2D eigenvalue weighted by molar-refractivity contribution is 6.03. The van der Waals surface area contributed by atoms with Gasteiger partial charge in [-0.2, -0.15) is 5.26 Å². The van der Waals surface area contributed by atoms with E-state index >= 15 is 0 Å². The number of amides is 1. The average Bonchev–Trinajstić information content (AvgIpc) is 2.67. The van der Waals surface area contributed by atoms with Gasteiger partial charge in [0, 0.05) is 11.3 Å². The van der Waals surface area contributed by atoms with E-state index in [9.17, 15) is 4.79 Å². The molecule has 86 valence electrons. The van der Waals surface area contributed by atoms with Crippen molar-refractivity contribution in [3.05, 3.63) is 30.0 Å². The van der Waals surface area contributed by atoms with Gasteiger partial charge in [0.1, 0.15) is 17.3 Å². The highest BCUT2D eigenvalue weighted by atomic mass is 16.3. The van der Waals surface area contributed by atoms with E-state index in [1.165, 1.54) is 0 Å². The molecule has 2 aromatic rings. The molecule has 0 saturated carbocycles. The second kappa shape index (κ2) is 4.30. The van der Waals surface area contributed by atoms with Gasteiger partial charge in [-0.1, -0.05) is 26.0 Å². The van der Waals surface area contributed by atoms with Crippen LogP contribution in [0.3, 0.4) is 0 Å². The Balaban J connectivity index is 2.51. The largest absolute Gasteiger partial charge is 0.443 e. The smallest absolute Gasteiger partial charge is 0.228 e. The molecule has 1 amide bonds. The molecule has 0 radical (unpaired) electrons. The third-order valence-electron chi connectivity index (χ3n) is 2.47. The second-order valence-corrected chi connectivity index (χ2v) is 4.06. The fraction of sp³-hybridized carbons (Fsp3) is 0.231. The molecule has 0 aliphatic heterocycles.